The first kappa shape index (κ1) is 13.7. The molecule has 0 fully saturated rings. The molecule has 0 saturated heterocycles. The number of hydrogen-bond acceptors (Lipinski definition) is 4. The van der Waals surface area contributed by atoms with Crippen LogP contribution in [0.1, 0.15) is 16.2 Å². The molecule has 3 rings (SSSR count). The van der Waals surface area contributed by atoms with E-state index in [4.69, 9.17) is 0 Å². The molecule has 7 nitrogen and oxygen atoms in total. The zero-order valence-electron chi connectivity index (χ0n) is 11.6. The first-order valence-corrected chi connectivity index (χ1v) is 7.08. The van der Waals surface area contributed by atoms with Gasteiger partial charge in [0.15, 0.2) is 11.3 Å². The number of aromatic nitrogens is 5. The van der Waals surface area contributed by atoms with Crippen LogP contribution >= 0.6 is 15.9 Å². The van der Waals surface area contributed by atoms with Gasteiger partial charge in [0.25, 0.3) is 5.91 Å². The minimum atomic E-state index is -0.159. The fourth-order valence-electron chi connectivity index (χ4n) is 2.04. The molecule has 0 spiro atoms. The molecule has 0 aromatic carbocycles. The van der Waals surface area contributed by atoms with Crippen LogP contribution in [0.3, 0.4) is 0 Å². The van der Waals surface area contributed by atoms with Crippen molar-refractivity contribution < 1.29 is 4.79 Å². The summed E-state index contributed by atoms with van der Waals surface area (Å²) in [6.07, 6.45) is 5.14. The van der Waals surface area contributed by atoms with E-state index >= 15 is 0 Å². The number of rotatable bonds is 3. The predicted octanol–water partition coefficient (Wildman–Crippen LogP) is 1.50. The molecule has 0 unspecified atom stereocenters. The number of carbonyl (C=O) groups excluding carboxylic acids is 1. The van der Waals surface area contributed by atoms with Gasteiger partial charge in [0.1, 0.15) is 0 Å². The van der Waals surface area contributed by atoms with E-state index in [2.05, 4.69) is 31.1 Å². The van der Waals surface area contributed by atoms with Crippen LogP contribution in [0.15, 0.2) is 35.2 Å². The van der Waals surface area contributed by atoms with E-state index in [1.54, 1.807) is 51.9 Å². The van der Waals surface area contributed by atoms with Gasteiger partial charge in [0, 0.05) is 32.6 Å². The molecule has 0 saturated carbocycles. The van der Waals surface area contributed by atoms with Gasteiger partial charge in [-0.25, -0.2) is 9.50 Å². The molecular formula is C13H13BrN6O. The van der Waals surface area contributed by atoms with E-state index in [0.29, 0.717) is 17.9 Å². The SMILES string of the molecule is CN(Cc1c(Br)cnn1C)C(=O)c1cc2ncccn2n1. The second-order valence-corrected chi connectivity index (χ2v) is 5.53. The summed E-state index contributed by atoms with van der Waals surface area (Å²) in [5, 5.41) is 8.37. The van der Waals surface area contributed by atoms with E-state index in [1.165, 1.54) is 0 Å². The maximum absolute atomic E-state index is 12.4. The summed E-state index contributed by atoms with van der Waals surface area (Å²) in [6.45, 7) is 0.442. The Balaban J connectivity index is 1.84. The summed E-state index contributed by atoms with van der Waals surface area (Å²) in [6, 6.07) is 3.45. The average molecular weight is 349 g/mol. The predicted molar refractivity (Wildman–Crippen MR) is 79.7 cm³/mol. The fourth-order valence-corrected chi connectivity index (χ4v) is 2.51. The first-order chi connectivity index (χ1) is 10.1. The topological polar surface area (TPSA) is 68.3 Å². The van der Waals surface area contributed by atoms with Gasteiger partial charge < -0.3 is 4.90 Å². The molecule has 21 heavy (non-hydrogen) atoms. The Morgan fingerprint density at radius 2 is 2.29 bits per heavy atom. The summed E-state index contributed by atoms with van der Waals surface area (Å²) in [7, 11) is 3.58. The van der Waals surface area contributed by atoms with Crippen molar-refractivity contribution in [1.29, 1.82) is 0 Å². The van der Waals surface area contributed by atoms with Crippen molar-refractivity contribution >= 4 is 27.5 Å². The molecule has 108 valence electrons. The molecule has 8 heteroatoms. The average Bonchev–Trinajstić information content (AvgIpc) is 3.04. The second kappa shape index (κ2) is 5.28. The van der Waals surface area contributed by atoms with Crippen LogP contribution in [0.2, 0.25) is 0 Å². The van der Waals surface area contributed by atoms with E-state index in [0.717, 1.165) is 10.2 Å². The normalized spacial score (nSPS) is 11.0. The quantitative estimate of drug-likeness (QED) is 0.719. The lowest BCUT2D eigenvalue weighted by molar-refractivity contribution is 0.0775. The number of hydrogen-bond donors (Lipinski definition) is 0. The lowest BCUT2D eigenvalue weighted by Crippen LogP contribution is -2.27. The highest BCUT2D eigenvalue weighted by atomic mass is 79.9. The van der Waals surface area contributed by atoms with Gasteiger partial charge in [0.2, 0.25) is 0 Å². The Morgan fingerprint density at radius 1 is 1.48 bits per heavy atom. The molecule has 0 radical (unpaired) electrons. The van der Waals surface area contributed by atoms with Crippen molar-refractivity contribution in [2.24, 2.45) is 7.05 Å². The van der Waals surface area contributed by atoms with E-state index in [-0.39, 0.29) is 5.91 Å². The van der Waals surface area contributed by atoms with Crippen LogP contribution in [0.25, 0.3) is 5.65 Å². The molecule has 0 aliphatic carbocycles. The number of carbonyl (C=O) groups is 1. The molecule has 1 amide bonds. The highest BCUT2D eigenvalue weighted by Gasteiger charge is 2.18. The zero-order chi connectivity index (χ0) is 15.0. The van der Waals surface area contributed by atoms with Gasteiger partial charge in [-0.1, -0.05) is 0 Å². The van der Waals surface area contributed by atoms with Gasteiger partial charge in [-0.15, -0.1) is 0 Å². The lowest BCUT2D eigenvalue weighted by atomic mass is 10.3. The van der Waals surface area contributed by atoms with Crippen LogP contribution in [-0.4, -0.2) is 42.2 Å². The van der Waals surface area contributed by atoms with Gasteiger partial charge in [-0.3, -0.25) is 9.48 Å². The molecule has 0 aliphatic rings. The largest absolute Gasteiger partial charge is 0.334 e. The smallest absolute Gasteiger partial charge is 0.274 e. The monoisotopic (exact) mass is 348 g/mol. The molecule has 0 bridgehead atoms. The zero-order valence-corrected chi connectivity index (χ0v) is 13.1. The third-order valence-corrected chi connectivity index (χ3v) is 3.86. The Bertz CT molecular complexity index is 755. The Kier molecular flexibility index (Phi) is 3.46. The van der Waals surface area contributed by atoms with Crippen molar-refractivity contribution in [3.8, 4) is 0 Å². The van der Waals surface area contributed by atoms with E-state index in [9.17, 15) is 4.79 Å². The van der Waals surface area contributed by atoms with Crippen molar-refractivity contribution in [2.45, 2.75) is 6.54 Å². The Labute approximate surface area is 129 Å². The third kappa shape index (κ3) is 2.54. The summed E-state index contributed by atoms with van der Waals surface area (Å²) < 4.78 is 4.20. The van der Waals surface area contributed by atoms with E-state index < -0.39 is 0 Å². The van der Waals surface area contributed by atoms with Crippen LogP contribution in [0.4, 0.5) is 0 Å². The number of aryl methyl sites for hydroxylation is 1. The number of halogens is 1. The summed E-state index contributed by atoms with van der Waals surface area (Å²) in [5.74, 6) is -0.159. The van der Waals surface area contributed by atoms with Gasteiger partial charge in [-0.05, 0) is 22.0 Å². The summed E-state index contributed by atoms with van der Waals surface area (Å²) in [5.41, 5.74) is 1.94. The molecule has 3 aromatic heterocycles. The van der Waals surface area contributed by atoms with Gasteiger partial charge in [-0.2, -0.15) is 10.2 Å². The van der Waals surface area contributed by atoms with Crippen LogP contribution in [0.5, 0.6) is 0 Å². The Morgan fingerprint density at radius 3 is 2.95 bits per heavy atom. The van der Waals surface area contributed by atoms with Crippen molar-refractivity contribution in [3.05, 3.63) is 46.6 Å². The lowest BCUT2D eigenvalue weighted by Gasteiger charge is -2.16. The van der Waals surface area contributed by atoms with Crippen LogP contribution in [0, 0.1) is 0 Å². The van der Waals surface area contributed by atoms with Crippen molar-refractivity contribution in [2.75, 3.05) is 7.05 Å². The summed E-state index contributed by atoms with van der Waals surface area (Å²) >= 11 is 3.43. The minimum Gasteiger partial charge on any atom is -0.334 e. The summed E-state index contributed by atoms with van der Waals surface area (Å²) in [4.78, 5) is 18.2. The molecule has 0 N–H and O–H groups in total. The maximum Gasteiger partial charge on any atom is 0.274 e. The molecule has 3 heterocycles. The van der Waals surface area contributed by atoms with Gasteiger partial charge in [0.05, 0.1) is 22.9 Å². The standard InChI is InChI=1S/C13H13BrN6O/c1-18(8-11-9(14)7-16-19(11)2)13(21)10-6-12-15-4-3-5-20(12)17-10/h3-7H,8H2,1-2H3. The maximum atomic E-state index is 12.4. The molecular weight excluding hydrogens is 336 g/mol. The Hall–Kier alpha value is -2.22. The third-order valence-electron chi connectivity index (χ3n) is 3.20. The van der Waals surface area contributed by atoms with Crippen LogP contribution < -0.4 is 0 Å². The van der Waals surface area contributed by atoms with Crippen molar-refractivity contribution in [3.63, 3.8) is 0 Å². The minimum absolute atomic E-state index is 0.159. The molecule has 0 atom stereocenters. The highest BCUT2D eigenvalue weighted by Crippen LogP contribution is 2.17. The molecule has 0 aliphatic heterocycles. The fraction of sp³-hybridized carbons (Fsp3) is 0.231. The highest BCUT2D eigenvalue weighted by molar-refractivity contribution is 9.10. The van der Waals surface area contributed by atoms with Crippen molar-refractivity contribution in [1.82, 2.24) is 29.3 Å². The number of nitrogens with zero attached hydrogens (tertiary/aromatic N) is 6. The number of fused-ring (bicyclic) bond motifs is 1. The second-order valence-electron chi connectivity index (χ2n) is 4.68. The van der Waals surface area contributed by atoms with Crippen LogP contribution in [-0.2, 0) is 13.6 Å². The molecule has 3 aromatic rings. The van der Waals surface area contributed by atoms with E-state index in [1.807, 2.05) is 7.05 Å². The first-order valence-electron chi connectivity index (χ1n) is 6.28. The number of amides is 1. The van der Waals surface area contributed by atoms with Gasteiger partial charge >= 0.3 is 0 Å².